The average molecular weight is 342 g/mol. The Bertz CT molecular complexity index is 729. The Balaban J connectivity index is 0.000000181. The number of ether oxygens (including phenoxy) is 2. The molecule has 1 aliphatic carbocycles. The molecule has 0 amide bonds. The van der Waals surface area contributed by atoms with Crippen molar-refractivity contribution in [2.24, 2.45) is 0 Å². The molecular weight excluding hydrogens is 316 g/mol. The summed E-state index contributed by atoms with van der Waals surface area (Å²) in [5, 5.41) is 2.85. The molecule has 1 aliphatic rings. The van der Waals surface area contributed by atoms with E-state index in [4.69, 9.17) is 4.74 Å². The number of carbonyl (C=O) groups is 1. The third-order valence-electron chi connectivity index (χ3n) is 4.48. The normalized spacial score (nSPS) is 12.3. The quantitative estimate of drug-likeness (QED) is 0.860. The van der Waals surface area contributed by atoms with E-state index in [0.29, 0.717) is 11.3 Å². The SMILES string of the molecule is CNc1cnccc1C(=O)OC.COc1ccc2c(c1C)CCCC2. The van der Waals surface area contributed by atoms with Crippen molar-refractivity contribution in [3.05, 3.63) is 52.8 Å². The molecule has 1 N–H and O–H groups in total. The van der Waals surface area contributed by atoms with Gasteiger partial charge in [0.15, 0.2) is 0 Å². The van der Waals surface area contributed by atoms with Crippen molar-refractivity contribution in [2.45, 2.75) is 32.6 Å². The minimum atomic E-state index is -0.359. The molecule has 0 atom stereocenters. The molecule has 0 radical (unpaired) electrons. The Kier molecular flexibility index (Phi) is 6.81. The van der Waals surface area contributed by atoms with Crippen molar-refractivity contribution < 1.29 is 14.3 Å². The van der Waals surface area contributed by atoms with E-state index in [9.17, 15) is 4.79 Å². The zero-order valence-electron chi connectivity index (χ0n) is 15.4. The number of anilines is 1. The Hall–Kier alpha value is -2.56. The van der Waals surface area contributed by atoms with Crippen LogP contribution in [0.5, 0.6) is 5.75 Å². The molecule has 1 aromatic heterocycles. The highest BCUT2D eigenvalue weighted by molar-refractivity contribution is 5.95. The van der Waals surface area contributed by atoms with Gasteiger partial charge in [0.2, 0.25) is 0 Å². The first-order valence-corrected chi connectivity index (χ1v) is 8.47. The van der Waals surface area contributed by atoms with Gasteiger partial charge in [-0.15, -0.1) is 0 Å². The number of methoxy groups -OCH3 is 2. The second kappa shape index (κ2) is 9.06. The van der Waals surface area contributed by atoms with E-state index >= 15 is 0 Å². The Labute approximate surface area is 149 Å². The van der Waals surface area contributed by atoms with Crippen LogP contribution in [0.3, 0.4) is 0 Å². The van der Waals surface area contributed by atoms with Crippen LogP contribution < -0.4 is 10.1 Å². The lowest BCUT2D eigenvalue weighted by Crippen LogP contribution is -2.05. The minimum absolute atomic E-state index is 0.359. The van der Waals surface area contributed by atoms with Crippen LogP contribution >= 0.6 is 0 Å². The molecule has 5 nitrogen and oxygen atoms in total. The third-order valence-corrected chi connectivity index (χ3v) is 4.48. The second-order valence-electron chi connectivity index (χ2n) is 5.90. The second-order valence-corrected chi connectivity index (χ2v) is 5.90. The summed E-state index contributed by atoms with van der Waals surface area (Å²) in [4.78, 5) is 15.0. The summed E-state index contributed by atoms with van der Waals surface area (Å²) in [6.45, 7) is 2.17. The smallest absolute Gasteiger partial charge is 0.340 e. The summed E-state index contributed by atoms with van der Waals surface area (Å²) in [5.74, 6) is 0.683. The van der Waals surface area contributed by atoms with Crippen LogP contribution in [0.25, 0.3) is 0 Å². The molecule has 1 aromatic carbocycles. The molecule has 3 rings (SSSR count). The highest BCUT2D eigenvalue weighted by Gasteiger charge is 2.13. The molecular formula is C20H26N2O3. The largest absolute Gasteiger partial charge is 0.496 e. The number of hydrogen-bond donors (Lipinski definition) is 1. The fourth-order valence-electron chi connectivity index (χ4n) is 3.09. The number of nitrogens with zero attached hydrogens (tertiary/aromatic N) is 1. The molecule has 0 saturated carbocycles. The van der Waals surface area contributed by atoms with E-state index in [1.165, 1.54) is 49.5 Å². The topological polar surface area (TPSA) is 60.5 Å². The lowest BCUT2D eigenvalue weighted by Gasteiger charge is -2.19. The first-order valence-electron chi connectivity index (χ1n) is 8.47. The summed E-state index contributed by atoms with van der Waals surface area (Å²) in [7, 11) is 4.82. The van der Waals surface area contributed by atoms with E-state index in [1.54, 1.807) is 32.6 Å². The fourth-order valence-corrected chi connectivity index (χ4v) is 3.09. The van der Waals surface area contributed by atoms with Gasteiger partial charge in [0.05, 0.1) is 31.7 Å². The highest BCUT2D eigenvalue weighted by Crippen LogP contribution is 2.29. The molecule has 5 heteroatoms. The van der Waals surface area contributed by atoms with Crippen molar-refractivity contribution in [1.82, 2.24) is 4.98 Å². The first-order chi connectivity index (χ1) is 12.1. The van der Waals surface area contributed by atoms with Crippen LogP contribution in [0.1, 0.15) is 39.9 Å². The monoisotopic (exact) mass is 342 g/mol. The number of benzene rings is 1. The molecule has 134 valence electrons. The minimum Gasteiger partial charge on any atom is -0.496 e. The number of esters is 1. The van der Waals surface area contributed by atoms with Crippen LogP contribution in [-0.4, -0.2) is 32.2 Å². The summed E-state index contributed by atoms with van der Waals surface area (Å²) < 4.78 is 9.88. The Morgan fingerprint density at radius 3 is 2.60 bits per heavy atom. The van der Waals surface area contributed by atoms with E-state index in [2.05, 4.69) is 34.1 Å². The van der Waals surface area contributed by atoms with Gasteiger partial charge in [-0.05, 0) is 61.4 Å². The summed E-state index contributed by atoms with van der Waals surface area (Å²) in [6, 6.07) is 5.93. The summed E-state index contributed by atoms with van der Waals surface area (Å²) in [6.07, 6.45) is 8.29. The number of aryl methyl sites for hydroxylation is 1. The molecule has 0 fully saturated rings. The van der Waals surface area contributed by atoms with Crippen molar-refractivity contribution in [1.29, 1.82) is 0 Å². The maximum atomic E-state index is 11.1. The lowest BCUT2D eigenvalue weighted by molar-refractivity contribution is 0.0601. The zero-order chi connectivity index (χ0) is 18.2. The molecule has 2 aromatic rings. The first kappa shape index (κ1) is 18.8. The molecule has 0 bridgehead atoms. The van der Waals surface area contributed by atoms with Gasteiger partial charge in [-0.2, -0.15) is 0 Å². The van der Waals surface area contributed by atoms with Gasteiger partial charge in [-0.25, -0.2) is 4.79 Å². The number of pyridine rings is 1. The van der Waals surface area contributed by atoms with Gasteiger partial charge in [0, 0.05) is 13.2 Å². The van der Waals surface area contributed by atoms with Crippen LogP contribution in [0.4, 0.5) is 5.69 Å². The van der Waals surface area contributed by atoms with Crippen molar-refractivity contribution in [3.63, 3.8) is 0 Å². The molecule has 0 aliphatic heterocycles. The van der Waals surface area contributed by atoms with E-state index < -0.39 is 0 Å². The van der Waals surface area contributed by atoms with Crippen LogP contribution in [0.2, 0.25) is 0 Å². The molecule has 25 heavy (non-hydrogen) atoms. The standard InChI is InChI=1S/C12H16O.C8H10N2O2/c1-9-11-6-4-3-5-10(11)7-8-12(9)13-2;1-9-7-5-10-4-3-6(7)8(11)12-2/h7-8H,3-6H2,1-2H3;3-5,9H,1-2H3. The van der Waals surface area contributed by atoms with E-state index in [-0.39, 0.29) is 5.97 Å². The van der Waals surface area contributed by atoms with Gasteiger partial charge in [-0.3, -0.25) is 4.98 Å². The fraction of sp³-hybridized carbons (Fsp3) is 0.400. The van der Waals surface area contributed by atoms with Crippen molar-refractivity contribution >= 4 is 11.7 Å². The Morgan fingerprint density at radius 1 is 1.16 bits per heavy atom. The average Bonchev–Trinajstić information content (AvgIpc) is 2.68. The molecule has 0 unspecified atom stereocenters. The molecule has 0 saturated heterocycles. The van der Waals surface area contributed by atoms with Crippen molar-refractivity contribution in [2.75, 3.05) is 26.6 Å². The predicted octanol–water partition coefficient (Wildman–Crippen LogP) is 3.79. The van der Waals surface area contributed by atoms with Crippen molar-refractivity contribution in [3.8, 4) is 5.75 Å². The van der Waals surface area contributed by atoms with Gasteiger partial charge in [-0.1, -0.05) is 6.07 Å². The lowest BCUT2D eigenvalue weighted by atomic mass is 9.88. The third kappa shape index (κ3) is 4.50. The highest BCUT2D eigenvalue weighted by atomic mass is 16.5. The number of hydrogen-bond acceptors (Lipinski definition) is 5. The predicted molar refractivity (Wildman–Crippen MR) is 99.5 cm³/mol. The molecule has 1 heterocycles. The van der Waals surface area contributed by atoms with Gasteiger partial charge < -0.3 is 14.8 Å². The van der Waals surface area contributed by atoms with E-state index in [1.807, 2.05) is 0 Å². The number of rotatable bonds is 3. The maximum Gasteiger partial charge on any atom is 0.340 e. The van der Waals surface area contributed by atoms with Gasteiger partial charge in [0.25, 0.3) is 0 Å². The van der Waals surface area contributed by atoms with Crippen LogP contribution in [0.15, 0.2) is 30.6 Å². The maximum absolute atomic E-state index is 11.1. The molecule has 0 spiro atoms. The van der Waals surface area contributed by atoms with Crippen LogP contribution in [0, 0.1) is 6.92 Å². The number of nitrogens with one attached hydrogen (secondary N) is 1. The van der Waals surface area contributed by atoms with Crippen LogP contribution in [-0.2, 0) is 17.6 Å². The van der Waals surface area contributed by atoms with E-state index in [0.717, 1.165) is 5.75 Å². The van der Waals surface area contributed by atoms with Gasteiger partial charge >= 0.3 is 5.97 Å². The summed E-state index contributed by atoms with van der Waals surface area (Å²) in [5.41, 5.74) is 5.58. The van der Waals surface area contributed by atoms with Gasteiger partial charge in [0.1, 0.15) is 5.75 Å². The zero-order valence-corrected chi connectivity index (χ0v) is 15.4. The summed E-state index contributed by atoms with van der Waals surface area (Å²) >= 11 is 0. The number of aromatic nitrogens is 1. The number of fused-ring (bicyclic) bond motifs is 1. The number of carbonyl (C=O) groups excluding carboxylic acids is 1. The Morgan fingerprint density at radius 2 is 1.92 bits per heavy atom.